The Morgan fingerprint density at radius 3 is 2.10 bits per heavy atom. The second-order valence-electron chi connectivity index (χ2n) is 3.78. The van der Waals surface area contributed by atoms with Gasteiger partial charge in [0.25, 0.3) is 17.8 Å². The van der Waals surface area contributed by atoms with E-state index in [1.54, 1.807) is 0 Å². The number of amides is 2. The van der Waals surface area contributed by atoms with Crippen molar-refractivity contribution in [3.8, 4) is 0 Å². The highest BCUT2D eigenvalue weighted by molar-refractivity contribution is 14.1. The number of carbonyl (C=O) groups excluding carboxylic acids is 2. The molecule has 0 spiro atoms. The molecule has 0 aliphatic carbocycles. The van der Waals surface area contributed by atoms with E-state index in [0.717, 1.165) is 13.0 Å². The van der Waals surface area contributed by atoms with Gasteiger partial charge in [0.15, 0.2) is 0 Å². The summed E-state index contributed by atoms with van der Waals surface area (Å²) in [5, 5.41) is 0.706. The Bertz CT molecular complexity index is 293. The van der Waals surface area contributed by atoms with Crippen LogP contribution >= 0.6 is 22.9 Å². The van der Waals surface area contributed by atoms with E-state index >= 15 is 0 Å². The van der Waals surface area contributed by atoms with Crippen molar-refractivity contribution in [1.82, 2.24) is 8.59 Å². The van der Waals surface area contributed by atoms with E-state index in [1.807, 2.05) is 20.8 Å². The second-order valence-corrected chi connectivity index (χ2v) is 4.54. The maximum absolute atomic E-state index is 11.1. The highest BCUT2D eigenvalue weighted by atomic mass is 127. The molecule has 7 heteroatoms. The van der Waals surface area contributed by atoms with Crippen molar-refractivity contribution in [2.24, 2.45) is 0 Å². The molecule has 2 amide bonds. The predicted molar refractivity (Wildman–Crippen MR) is 91.2 cm³/mol. The molecule has 124 valence electrons. The standard InChI is InChI=1S/C9H13NO4.C3H8IN.C2H6/c1-3-6-13-7(2)14-10-8(11)4-5-9(10)12;1-2-3-5-4;1-2/h2-6H2,1H3;5H,2-3H2,1H3;1-2H3. The number of hydroxylamine groups is 2. The van der Waals surface area contributed by atoms with Gasteiger partial charge in [0, 0.05) is 42.3 Å². The van der Waals surface area contributed by atoms with Crippen LogP contribution in [-0.2, 0) is 19.2 Å². The molecule has 0 saturated carbocycles. The molecule has 0 bridgehead atoms. The van der Waals surface area contributed by atoms with Gasteiger partial charge in [-0.1, -0.05) is 27.7 Å². The van der Waals surface area contributed by atoms with Gasteiger partial charge < -0.3 is 9.57 Å². The van der Waals surface area contributed by atoms with Crippen molar-refractivity contribution < 1.29 is 19.2 Å². The SMILES string of the molecule is C=C(OCCC)ON1C(=O)CCC1=O.CC.CCCNI. The highest BCUT2D eigenvalue weighted by Crippen LogP contribution is 2.14. The van der Waals surface area contributed by atoms with Gasteiger partial charge in [-0.3, -0.25) is 13.1 Å². The molecule has 1 saturated heterocycles. The molecule has 1 heterocycles. The Kier molecular flexibility index (Phi) is 16.6. The molecule has 0 aromatic rings. The summed E-state index contributed by atoms with van der Waals surface area (Å²) in [4.78, 5) is 27.0. The fourth-order valence-electron chi connectivity index (χ4n) is 1.10. The van der Waals surface area contributed by atoms with Crippen LogP contribution < -0.4 is 3.53 Å². The zero-order valence-corrected chi connectivity index (χ0v) is 15.6. The molecule has 21 heavy (non-hydrogen) atoms. The van der Waals surface area contributed by atoms with E-state index in [0.29, 0.717) is 11.7 Å². The fourth-order valence-corrected chi connectivity index (χ4v) is 1.64. The van der Waals surface area contributed by atoms with Crippen molar-refractivity contribution in [3.63, 3.8) is 0 Å². The Labute approximate surface area is 141 Å². The lowest BCUT2D eigenvalue weighted by Crippen LogP contribution is -2.29. The van der Waals surface area contributed by atoms with Gasteiger partial charge in [0.2, 0.25) is 0 Å². The van der Waals surface area contributed by atoms with Crippen LogP contribution in [0.5, 0.6) is 0 Å². The minimum absolute atomic E-state index is 0.0181. The van der Waals surface area contributed by atoms with Crippen LogP contribution in [0.25, 0.3) is 0 Å². The van der Waals surface area contributed by atoms with Crippen LogP contribution in [0, 0.1) is 0 Å². The van der Waals surface area contributed by atoms with E-state index in [9.17, 15) is 9.59 Å². The molecule has 0 aromatic heterocycles. The number of nitrogens with zero attached hydrogens (tertiary/aromatic N) is 1. The van der Waals surface area contributed by atoms with Crippen LogP contribution in [0.3, 0.4) is 0 Å². The number of halogens is 1. The molecular weight excluding hydrogens is 387 g/mol. The first-order valence-corrected chi connectivity index (χ1v) is 8.33. The topological polar surface area (TPSA) is 67.9 Å². The minimum Gasteiger partial charge on any atom is -0.464 e. The van der Waals surface area contributed by atoms with Gasteiger partial charge in [0.05, 0.1) is 6.61 Å². The van der Waals surface area contributed by atoms with Crippen molar-refractivity contribution in [1.29, 1.82) is 0 Å². The molecule has 0 unspecified atom stereocenters. The fraction of sp³-hybridized carbons (Fsp3) is 0.714. The number of imide groups is 1. The molecular formula is C14H27IN2O4. The van der Waals surface area contributed by atoms with Gasteiger partial charge in [-0.25, -0.2) is 0 Å². The van der Waals surface area contributed by atoms with E-state index in [4.69, 9.17) is 9.57 Å². The van der Waals surface area contributed by atoms with Gasteiger partial charge in [-0.15, -0.1) is 5.06 Å². The first-order chi connectivity index (χ1) is 10.1. The van der Waals surface area contributed by atoms with Crippen molar-refractivity contribution >= 4 is 34.7 Å². The zero-order chi connectivity index (χ0) is 16.7. The minimum atomic E-state index is -0.351. The predicted octanol–water partition coefficient (Wildman–Crippen LogP) is 3.33. The van der Waals surface area contributed by atoms with Gasteiger partial charge in [0.1, 0.15) is 0 Å². The maximum atomic E-state index is 11.1. The first-order valence-electron chi connectivity index (χ1n) is 7.25. The highest BCUT2D eigenvalue weighted by Gasteiger charge is 2.31. The summed E-state index contributed by atoms with van der Waals surface area (Å²) in [5.41, 5.74) is 0. The summed E-state index contributed by atoms with van der Waals surface area (Å²) in [6, 6.07) is 0. The van der Waals surface area contributed by atoms with E-state index in [2.05, 4.69) is 39.9 Å². The molecule has 1 aliphatic heterocycles. The quantitative estimate of drug-likeness (QED) is 0.300. The summed E-state index contributed by atoms with van der Waals surface area (Å²) >= 11 is 2.14. The third-order valence-electron chi connectivity index (χ3n) is 2.01. The van der Waals surface area contributed by atoms with Gasteiger partial charge in [-0.05, 0) is 19.4 Å². The molecule has 1 fully saturated rings. The van der Waals surface area contributed by atoms with Gasteiger partial charge >= 0.3 is 0 Å². The third-order valence-corrected chi connectivity index (χ3v) is 2.55. The van der Waals surface area contributed by atoms with Crippen LogP contribution in [0.15, 0.2) is 12.5 Å². The normalized spacial score (nSPS) is 12.9. The summed E-state index contributed by atoms with van der Waals surface area (Å²) in [6.07, 6.45) is 2.42. The molecule has 6 nitrogen and oxygen atoms in total. The summed E-state index contributed by atoms with van der Waals surface area (Å²) < 4.78 is 7.97. The van der Waals surface area contributed by atoms with Crippen LogP contribution in [0.1, 0.15) is 53.4 Å². The van der Waals surface area contributed by atoms with Crippen molar-refractivity contribution in [2.45, 2.75) is 53.4 Å². The summed E-state index contributed by atoms with van der Waals surface area (Å²) in [7, 11) is 0. The molecule has 0 radical (unpaired) electrons. The van der Waals surface area contributed by atoms with Crippen molar-refractivity contribution in [2.75, 3.05) is 13.2 Å². The van der Waals surface area contributed by atoms with Crippen LogP contribution in [0.2, 0.25) is 0 Å². The zero-order valence-electron chi connectivity index (χ0n) is 13.4. The summed E-state index contributed by atoms with van der Waals surface area (Å²) in [5.74, 6) is -0.719. The monoisotopic (exact) mass is 414 g/mol. The molecule has 0 atom stereocenters. The Balaban J connectivity index is 0. The number of nitrogens with one attached hydrogen (secondary N) is 1. The van der Waals surface area contributed by atoms with E-state index in [1.165, 1.54) is 6.42 Å². The molecule has 1 rings (SSSR count). The van der Waals surface area contributed by atoms with Crippen LogP contribution in [-0.4, -0.2) is 30.0 Å². The first kappa shape index (κ1) is 22.5. The number of hydrogen-bond donors (Lipinski definition) is 1. The number of hydrogen-bond acceptors (Lipinski definition) is 5. The molecule has 1 aliphatic rings. The number of carbonyl (C=O) groups is 2. The number of rotatable bonds is 7. The Hall–Kier alpha value is -0.830. The smallest absolute Gasteiger partial charge is 0.300 e. The number of ether oxygens (including phenoxy) is 1. The lowest BCUT2D eigenvalue weighted by atomic mass is 10.4. The Morgan fingerprint density at radius 2 is 1.76 bits per heavy atom. The van der Waals surface area contributed by atoms with Gasteiger partial charge in [-0.2, -0.15) is 0 Å². The van der Waals surface area contributed by atoms with Crippen LogP contribution in [0.4, 0.5) is 0 Å². The van der Waals surface area contributed by atoms with Crippen molar-refractivity contribution in [3.05, 3.63) is 12.5 Å². The lowest BCUT2D eigenvalue weighted by molar-refractivity contribution is -0.189. The van der Waals surface area contributed by atoms with E-state index in [-0.39, 0.29) is 30.6 Å². The molecule has 0 aromatic carbocycles. The Morgan fingerprint density at radius 1 is 1.24 bits per heavy atom. The lowest BCUT2D eigenvalue weighted by Gasteiger charge is -2.15. The third kappa shape index (κ3) is 11.5. The maximum Gasteiger partial charge on any atom is 0.300 e. The molecule has 1 N–H and O–H groups in total. The summed E-state index contributed by atoms with van der Waals surface area (Å²) in [6.45, 7) is 13.1. The average molecular weight is 414 g/mol. The largest absolute Gasteiger partial charge is 0.464 e. The second kappa shape index (κ2) is 15.6. The average Bonchev–Trinajstić information content (AvgIpc) is 2.80. The van der Waals surface area contributed by atoms with E-state index < -0.39 is 0 Å².